The Morgan fingerprint density at radius 1 is 1.03 bits per heavy atom. The summed E-state index contributed by atoms with van der Waals surface area (Å²) in [7, 11) is -5.23. The molecule has 0 bridgehead atoms. The average molecular weight is 1010 g/mol. The normalized spacial score (nSPS) is 16.8. The molecule has 3 atom stereocenters. The van der Waals surface area contributed by atoms with Gasteiger partial charge in [-0.15, -0.1) is 0 Å². The molecule has 70 heavy (non-hydrogen) atoms. The van der Waals surface area contributed by atoms with Gasteiger partial charge in [-0.3, -0.25) is 33.8 Å². The Bertz CT molecular complexity index is 2550. The number of carbonyl (C=O) groups is 7. The van der Waals surface area contributed by atoms with Crippen molar-refractivity contribution in [1.29, 1.82) is 0 Å². The van der Waals surface area contributed by atoms with Gasteiger partial charge in [0.2, 0.25) is 24.2 Å². The minimum absolute atomic E-state index is 0.0432. The van der Waals surface area contributed by atoms with Crippen LogP contribution in [-0.2, 0) is 70.8 Å². The standard InChI is InChI=1S/C45H54F2N5O17P/c1-24(2)50-68-30-11-8-26(4)52(14-12-30)42(58)38-40(39(56)31(22-51(38)7)41(57)48-21-27-9-10-29(46)19-32(27)47)66-23-67-44(61)65-15-13-45(5,6)37-28(16-25(3)17-34(37)69-70(62,63)64)18-35(53)49-33(43(59)60)20-36(54)55/h9-10,16-17,19,22,26,30,33H,7-8,11-15,18,20-21,23H2,1-6H3,(H5-,48,49,53,54,55,57,59,60,62,63,64)/p+1/t26-,30+,33-/m0/s1. The Hall–Kier alpha value is -7.04. The summed E-state index contributed by atoms with van der Waals surface area (Å²) in [5.41, 5.74) is -1.22. The molecule has 25 heteroatoms. The number of rotatable bonds is 21. The second-order valence-corrected chi connectivity index (χ2v) is 18.3. The fourth-order valence-electron chi connectivity index (χ4n) is 7.46. The molecule has 2 aromatic carbocycles. The van der Waals surface area contributed by atoms with Crippen molar-refractivity contribution in [2.24, 2.45) is 5.16 Å². The Morgan fingerprint density at radius 3 is 2.36 bits per heavy atom. The van der Waals surface area contributed by atoms with Crippen LogP contribution in [0.5, 0.6) is 5.75 Å². The number of nitrogens with one attached hydrogen (secondary N) is 2. The number of allylic oxidation sites excluding steroid dienone is 1. The van der Waals surface area contributed by atoms with Crippen LogP contribution in [-0.4, -0.2) is 122 Å². The average Bonchev–Trinajstić information content (AvgIpc) is 3.42. The molecule has 1 fully saturated rings. The van der Waals surface area contributed by atoms with Crippen LogP contribution in [0, 0.1) is 18.6 Å². The maximum atomic E-state index is 14.4. The number of amides is 3. The molecular formula is C45H55F2N5O17P+. The van der Waals surface area contributed by atoms with Gasteiger partial charge < -0.3 is 49.3 Å². The summed E-state index contributed by atoms with van der Waals surface area (Å²) in [4.78, 5) is 117. The lowest BCUT2D eigenvalue weighted by atomic mass is 9.77. The zero-order valence-corrected chi connectivity index (χ0v) is 40.0. The maximum Gasteiger partial charge on any atom is 0.524 e. The van der Waals surface area contributed by atoms with Crippen molar-refractivity contribution in [2.45, 2.75) is 110 Å². The number of ether oxygens (including phenoxy) is 3. The Balaban J connectivity index is 1.54. The summed E-state index contributed by atoms with van der Waals surface area (Å²) in [6, 6.07) is 3.22. The maximum absolute atomic E-state index is 14.4. The number of carboxylic acid groups (broad SMARTS) is 2. The van der Waals surface area contributed by atoms with E-state index in [0.29, 0.717) is 36.6 Å². The van der Waals surface area contributed by atoms with Crippen LogP contribution in [0.2, 0.25) is 0 Å². The molecule has 380 valence electrons. The van der Waals surface area contributed by atoms with Crippen LogP contribution in [0.15, 0.2) is 58.7 Å². The van der Waals surface area contributed by atoms with E-state index in [-0.39, 0.29) is 41.5 Å². The van der Waals surface area contributed by atoms with Crippen molar-refractivity contribution in [3.05, 3.63) is 87.4 Å². The van der Waals surface area contributed by atoms with E-state index < -0.39 is 128 Å². The van der Waals surface area contributed by atoms with Crippen LogP contribution in [0.3, 0.4) is 0 Å². The number of likely N-dealkylation sites (tertiary alicyclic amines) is 1. The number of aliphatic carboxylic acids is 2. The third-order valence-electron chi connectivity index (χ3n) is 10.8. The summed E-state index contributed by atoms with van der Waals surface area (Å²) in [6.45, 7) is 11.9. The number of benzene rings is 2. The van der Waals surface area contributed by atoms with E-state index in [1.54, 1.807) is 34.6 Å². The third kappa shape index (κ3) is 15.8. The molecule has 3 amide bonds. The third-order valence-corrected chi connectivity index (χ3v) is 11.3. The number of hydrogen-bond donors (Lipinski definition) is 6. The smallest absolute Gasteiger partial charge is 0.481 e. The summed E-state index contributed by atoms with van der Waals surface area (Å²) in [6.07, 6.45) is -1.06. The SMILES string of the molecule is C=[N+]1C=C(C(=O)NCc2ccc(F)cc2F)C(=O)C(OCOC(=O)OCCC(C)(C)c2c(CC(=O)N[C@@H](CC(=O)O)C(=O)O)cc(C)cc2OP(=O)(O)O)=C1C(=O)N1CC[C@H](ON=C(C)C)CC[C@@H]1C. The Labute approximate surface area is 400 Å². The van der Waals surface area contributed by atoms with Crippen LogP contribution in [0.25, 0.3) is 0 Å². The van der Waals surface area contributed by atoms with Crippen molar-refractivity contribution in [1.82, 2.24) is 15.5 Å². The van der Waals surface area contributed by atoms with Gasteiger partial charge in [0.25, 0.3) is 5.91 Å². The van der Waals surface area contributed by atoms with E-state index in [1.807, 2.05) is 0 Å². The van der Waals surface area contributed by atoms with Crippen LogP contribution in [0.1, 0.15) is 89.0 Å². The van der Waals surface area contributed by atoms with Crippen LogP contribution in [0.4, 0.5) is 13.6 Å². The molecule has 2 aliphatic heterocycles. The highest BCUT2D eigenvalue weighted by molar-refractivity contribution is 7.46. The van der Waals surface area contributed by atoms with E-state index >= 15 is 0 Å². The zero-order valence-electron chi connectivity index (χ0n) is 39.1. The van der Waals surface area contributed by atoms with Gasteiger partial charge in [-0.1, -0.05) is 31.1 Å². The van der Waals surface area contributed by atoms with Crippen molar-refractivity contribution in [2.75, 3.05) is 19.9 Å². The van der Waals surface area contributed by atoms with E-state index in [1.165, 1.54) is 24.0 Å². The molecule has 0 aliphatic carbocycles. The second-order valence-electron chi connectivity index (χ2n) is 17.2. The number of ketones is 1. The van der Waals surface area contributed by atoms with E-state index in [0.717, 1.165) is 22.9 Å². The lowest BCUT2D eigenvalue weighted by molar-refractivity contribution is -0.392. The summed E-state index contributed by atoms with van der Waals surface area (Å²) >= 11 is 0. The van der Waals surface area contributed by atoms with Gasteiger partial charge >= 0.3 is 37.5 Å². The molecule has 2 aliphatic rings. The number of carboxylic acids is 2. The van der Waals surface area contributed by atoms with Crippen molar-refractivity contribution >= 4 is 61.9 Å². The molecule has 0 unspecified atom stereocenters. The minimum atomic E-state index is -5.23. The molecule has 4 rings (SSSR count). The molecule has 22 nitrogen and oxygen atoms in total. The molecule has 2 heterocycles. The predicted molar refractivity (Wildman–Crippen MR) is 240 cm³/mol. The fourth-order valence-corrected chi connectivity index (χ4v) is 7.86. The minimum Gasteiger partial charge on any atom is -0.481 e. The summed E-state index contributed by atoms with van der Waals surface area (Å²) < 4.78 is 61.8. The van der Waals surface area contributed by atoms with Gasteiger partial charge in [0.15, 0.2) is 11.8 Å². The van der Waals surface area contributed by atoms with Crippen molar-refractivity contribution in [3.63, 3.8) is 0 Å². The number of aryl methyl sites for hydroxylation is 1. The molecule has 0 spiro atoms. The number of phosphoric ester groups is 1. The lowest BCUT2D eigenvalue weighted by Crippen LogP contribution is -2.43. The summed E-state index contributed by atoms with van der Waals surface area (Å²) in [5, 5.41) is 27.0. The van der Waals surface area contributed by atoms with Gasteiger partial charge in [0, 0.05) is 42.7 Å². The van der Waals surface area contributed by atoms with Crippen LogP contribution >= 0.6 is 7.82 Å². The first-order valence-electron chi connectivity index (χ1n) is 21.5. The molecule has 0 saturated carbocycles. The highest BCUT2D eigenvalue weighted by Crippen LogP contribution is 2.45. The van der Waals surface area contributed by atoms with Gasteiger partial charge in [-0.2, -0.15) is 4.58 Å². The molecular weight excluding hydrogens is 951 g/mol. The monoisotopic (exact) mass is 1010 g/mol. The first kappa shape index (κ1) is 55.6. The van der Waals surface area contributed by atoms with Gasteiger partial charge in [0.05, 0.1) is 25.2 Å². The number of phosphoric acid groups is 1. The first-order valence-corrected chi connectivity index (χ1v) is 23.1. The molecule has 6 N–H and O–H groups in total. The number of nitrogens with zero attached hydrogens (tertiary/aromatic N) is 3. The van der Waals surface area contributed by atoms with E-state index in [9.17, 15) is 61.8 Å². The fraction of sp³-hybridized carbons (Fsp3) is 0.444. The number of halogens is 2. The summed E-state index contributed by atoms with van der Waals surface area (Å²) in [5.74, 6) is -9.94. The molecule has 0 radical (unpaired) electrons. The van der Waals surface area contributed by atoms with E-state index in [2.05, 4.69) is 22.5 Å². The zero-order chi connectivity index (χ0) is 52.2. The van der Waals surface area contributed by atoms with E-state index in [4.69, 9.17) is 28.7 Å². The largest absolute Gasteiger partial charge is 0.524 e. The number of oxime groups is 1. The number of carbonyl (C=O) groups excluding carboxylic acids is 5. The van der Waals surface area contributed by atoms with Crippen molar-refractivity contribution < 1.29 is 95.1 Å². The van der Waals surface area contributed by atoms with Crippen molar-refractivity contribution in [3.8, 4) is 5.75 Å². The highest BCUT2D eigenvalue weighted by Gasteiger charge is 2.44. The number of hydrogen-bond acceptors (Lipinski definition) is 14. The second kappa shape index (κ2) is 24.0. The van der Waals surface area contributed by atoms with Gasteiger partial charge in [0.1, 0.15) is 36.2 Å². The van der Waals surface area contributed by atoms with Gasteiger partial charge in [-0.05, 0) is 75.6 Å². The van der Waals surface area contributed by atoms with Gasteiger partial charge in [-0.25, -0.2) is 22.9 Å². The van der Waals surface area contributed by atoms with Crippen LogP contribution < -0.4 is 15.2 Å². The topological polar surface area (TPSA) is 306 Å². The molecule has 1 saturated heterocycles. The Morgan fingerprint density at radius 2 is 1.73 bits per heavy atom. The quantitative estimate of drug-likeness (QED) is 0.0196. The predicted octanol–water partition coefficient (Wildman–Crippen LogP) is 4.02. The molecule has 0 aromatic heterocycles. The highest BCUT2D eigenvalue weighted by atomic mass is 31.2. The first-order chi connectivity index (χ1) is 32.7. The lowest BCUT2D eigenvalue weighted by Gasteiger charge is -2.30. The molecule has 2 aromatic rings. The Kier molecular flexibility index (Phi) is 19.0. The number of Topliss-reactive ketones (excluding diaryl/α,β-unsaturated/α-hetero) is 1.